The number of nitrogens with one attached hydrogen (secondary N) is 2. The predicted octanol–water partition coefficient (Wildman–Crippen LogP) is 1.50. The van der Waals surface area contributed by atoms with Crippen molar-refractivity contribution in [3.63, 3.8) is 0 Å². The van der Waals surface area contributed by atoms with Gasteiger partial charge in [-0.1, -0.05) is 12.8 Å². The zero-order valence-corrected chi connectivity index (χ0v) is 14.1. The molecule has 2 rings (SSSR count). The Morgan fingerprint density at radius 2 is 1.95 bits per heavy atom. The van der Waals surface area contributed by atoms with Gasteiger partial charge in [-0.2, -0.15) is 0 Å². The Labute approximate surface area is 132 Å². The number of ether oxygens (including phenoxy) is 1. The van der Waals surface area contributed by atoms with Gasteiger partial charge in [0.1, 0.15) is 6.04 Å². The Morgan fingerprint density at radius 1 is 1.32 bits per heavy atom. The largest absolute Gasteiger partial charge is 0.378 e. The predicted molar refractivity (Wildman–Crippen MR) is 84.5 cm³/mol. The van der Waals surface area contributed by atoms with Crippen LogP contribution in [0, 0.1) is 5.41 Å². The van der Waals surface area contributed by atoms with Crippen molar-refractivity contribution in [3.8, 4) is 0 Å². The number of hydrogen-bond acceptors (Lipinski definition) is 3. The monoisotopic (exact) mass is 311 g/mol. The van der Waals surface area contributed by atoms with E-state index >= 15 is 0 Å². The Kier molecular flexibility index (Phi) is 5.32. The fraction of sp³-hybridized carbons (Fsp3) is 0.875. The summed E-state index contributed by atoms with van der Waals surface area (Å²) in [5, 5.41) is 5.79. The molecule has 2 fully saturated rings. The molecule has 0 aliphatic heterocycles. The summed E-state index contributed by atoms with van der Waals surface area (Å²) < 4.78 is 5.85. The highest BCUT2D eigenvalue weighted by Gasteiger charge is 2.57. The van der Waals surface area contributed by atoms with Gasteiger partial charge in [0.25, 0.3) is 0 Å². The lowest BCUT2D eigenvalue weighted by molar-refractivity contribution is -0.130. The molecule has 22 heavy (non-hydrogen) atoms. The van der Waals surface area contributed by atoms with Crippen molar-refractivity contribution < 1.29 is 14.3 Å². The first kappa shape index (κ1) is 17.1. The minimum atomic E-state index is -0.516. The first-order valence-electron chi connectivity index (χ1n) is 8.30. The lowest BCUT2D eigenvalue weighted by Gasteiger charge is -2.54. The van der Waals surface area contributed by atoms with Crippen LogP contribution in [0.2, 0.25) is 0 Å². The maximum Gasteiger partial charge on any atom is 0.315 e. The van der Waals surface area contributed by atoms with E-state index in [2.05, 4.69) is 10.6 Å². The molecule has 2 saturated carbocycles. The Hall–Kier alpha value is -1.30. The number of likely N-dealkylation sites (N-methyl/N-ethyl adjacent to an activating group) is 1. The van der Waals surface area contributed by atoms with Crippen molar-refractivity contribution in [2.24, 2.45) is 5.41 Å². The second-order valence-corrected chi connectivity index (χ2v) is 6.74. The zero-order valence-electron chi connectivity index (χ0n) is 14.1. The van der Waals surface area contributed by atoms with E-state index in [1.54, 1.807) is 21.0 Å². The van der Waals surface area contributed by atoms with Crippen LogP contribution in [0.4, 0.5) is 4.79 Å². The van der Waals surface area contributed by atoms with E-state index in [1.165, 1.54) is 17.7 Å². The molecule has 0 bridgehead atoms. The van der Waals surface area contributed by atoms with Crippen LogP contribution in [-0.4, -0.2) is 55.7 Å². The third-order valence-corrected chi connectivity index (χ3v) is 5.15. The molecule has 1 spiro atoms. The highest BCUT2D eigenvalue weighted by molar-refractivity contribution is 5.86. The Morgan fingerprint density at radius 3 is 2.50 bits per heavy atom. The quantitative estimate of drug-likeness (QED) is 0.808. The van der Waals surface area contributed by atoms with Crippen LogP contribution in [0.3, 0.4) is 0 Å². The topological polar surface area (TPSA) is 70.7 Å². The summed E-state index contributed by atoms with van der Waals surface area (Å²) in [5.74, 6) is -0.105. The summed E-state index contributed by atoms with van der Waals surface area (Å²) >= 11 is 0. The summed E-state index contributed by atoms with van der Waals surface area (Å²) in [5.41, 5.74) is 0.113. The van der Waals surface area contributed by atoms with Gasteiger partial charge < -0.3 is 20.3 Å². The second kappa shape index (κ2) is 6.86. The van der Waals surface area contributed by atoms with Crippen LogP contribution >= 0.6 is 0 Å². The Balaban J connectivity index is 1.88. The molecule has 6 nitrogen and oxygen atoms in total. The molecule has 0 aromatic carbocycles. The van der Waals surface area contributed by atoms with Gasteiger partial charge in [-0.25, -0.2) is 4.79 Å². The van der Waals surface area contributed by atoms with Gasteiger partial charge in [-0.05, 0) is 33.1 Å². The zero-order chi connectivity index (χ0) is 16.3. The SMILES string of the molecule is CCO[C@@H]1C[C@@H](NC(=O)N[C@@H](C)C(=O)N(C)C)C12CCCC2. The fourth-order valence-corrected chi connectivity index (χ4v) is 3.93. The van der Waals surface area contributed by atoms with Crippen molar-refractivity contribution in [2.45, 2.75) is 64.1 Å². The van der Waals surface area contributed by atoms with E-state index in [1.807, 2.05) is 6.92 Å². The molecule has 0 unspecified atom stereocenters. The average molecular weight is 311 g/mol. The van der Waals surface area contributed by atoms with Gasteiger partial charge in [0.2, 0.25) is 5.91 Å². The molecule has 0 saturated heterocycles. The van der Waals surface area contributed by atoms with E-state index in [0.717, 1.165) is 25.9 Å². The van der Waals surface area contributed by atoms with Crippen LogP contribution < -0.4 is 10.6 Å². The number of nitrogens with zero attached hydrogens (tertiary/aromatic N) is 1. The standard InChI is InChI=1S/C16H29N3O3/c1-5-22-13-10-12(16(13)8-6-7-9-16)18-15(21)17-11(2)14(20)19(3)4/h11-13H,5-10H2,1-4H3,(H2,17,18,21)/t11-,12+,13+/m0/s1. The van der Waals surface area contributed by atoms with Crippen LogP contribution in [0.5, 0.6) is 0 Å². The van der Waals surface area contributed by atoms with Crippen molar-refractivity contribution >= 4 is 11.9 Å². The summed E-state index contributed by atoms with van der Waals surface area (Å²) in [7, 11) is 3.37. The van der Waals surface area contributed by atoms with E-state index in [9.17, 15) is 9.59 Å². The number of rotatable bonds is 5. The highest BCUT2D eigenvalue weighted by atomic mass is 16.5. The number of carbonyl (C=O) groups excluding carboxylic acids is 2. The third-order valence-electron chi connectivity index (χ3n) is 5.15. The number of hydrogen-bond donors (Lipinski definition) is 2. The molecule has 126 valence electrons. The van der Waals surface area contributed by atoms with E-state index in [4.69, 9.17) is 4.74 Å². The van der Waals surface area contributed by atoms with Gasteiger partial charge >= 0.3 is 6.03 Å². The van der Waals surface area contributed by atoms with Crippen LogP contribution in [-0.2, 0) is 9.53 Å². The first-order chi connectivity index (χ1) is 10.4. The summed E-state index contributed by atoms with van der Waals surface area (Å²) in [6.07, 6.45) is 5.80. The van der Waals surface area contributed by atoms with Crippen molar-refractivity contribution in [3.05, 3.63) is 0 Å². The molecular weight excluding hydrogens is 282 g/mol. The molecule has 0 aromatic rings. The number of amides is 3. The average Bonchev–Trinajstić information content (AvgIpc) is 2.97. The summed E-state index contributed by atoms with van der Waals surface area (Å²) in [6.45, 7) is 4.45. The number of urea groups is 1. The van der Waals surface area contributed by atoms with E-state index in [0.29, 0.717) is 0 Å². The maximum absolute atomic E-state index is 12.2. The molecule has 0 heterocycles. The summed E-state index contributed by atoms with van der Waals surface area (Å²) in [4.78, 5) is 25.4. The van der Waals surface area contributed by atoms with Crippen LogP contribution in [0.1, 0.15) is 46.0 Å². The van der Waals surface area contributed by atoms with Gasteiger partial charge in [0.05, 0.1) is 6.10 Å². The fourth-order valence-electron chi connectivity index (χ4n) is 3.93. The molecule has 2 aliphatic rings. The molecule has 2 N–H and O–H groups in total. The Bertz CT molecular complexity index is 419. The lowest BCUT2D eigenvalue weighted by atomic mass is 9.60. The normalized spacial score (nSPS) is 27.1. The minimum Gasteiger partial charge on any atom is -0.378 e. The van der Waals surface area contributed by atoms with Crippen molar-refractivity contribution in [1.82, 2.24) is 15.5 Å². The maximum atomic E-state index is 12.2. The first-order valence-corrected chi connectivity index (χ1v) is 8.30. The molecule has 0 aromatic heterocycles. The third kappa shape index (κ3) is 3.21. The van der Waals surface area contributed by atoms with E-state index in [-0.39, 0.29) is 29.5 Å². The van der Waals surface area contributed by atoms with Gasteiger partial charge in [0, 0.05) is 32.2 Å². The van der Waals surface area contributed by atoms with Gasteiger partial charge in [-0.3, -0.25) is 4.79 Å². The van der Waals surface area contributed by atoms with Crippen LogP contribution in [0.15, 0.2) is 0 Å². The van der Waals surface area contributed by atoms with Crippen LogP contribution in [0.25, 0.3) is 0 Å². The second-order valence-electron chi connectivity index (χ2n) is 6.74. The van der Waals surface area contributed by atoms with Gasteiger partial charge in [-0.15, -0.1) is 0 Å². The van der Waals surface area contributed by atoms with Crippen molar-refractivity contribution in [2.75, 3.05) is 20.7 Å². The lowest BCUT2D eigenvalue weighted by Crippen LogP contribution is -2.65. The molecule has 0 radical (unpaired) electrons. The highest BCUT2D eigenvalue weighted by Crippen LogP contribution is 2.54. The van der Waals surface area contributed by atoms with E-state index < -0.39 is 6.04 Å². The molecule has 2 aliphatic carbocycles. The van der Waals surface area contributed by atoms with Gasteiger partial charge in [0.15, 0.2) is 0 Å². The molecule has 6 heteroatoms. The van der Waals surface area contributed by atoms with Crippen molar-refractivity contribution in [1.29, 1.82) is 0 Å². The number of carbonyl (C=O) groups is 2. The smallest absolute Gasteiger partial charge is 0.315 e. The molecule has 3 atom stereocenters. The molecule has 3 amide bonds. The molecular formula is C16H29N3O3. The minimum absolute atomic E-state index is 0.105. The summed E-state index contributed by atoms with van der Waals surface area (Å²) in [6, 6.07) is -0.612.